The lowest BCUT2D eigenvalue weighted by Crippen LogP contribution is -2.39. The van der Waals surface area contributed by atoms with Gasteiger partial charge in [0.1, 0.15) is 0 Å². The van der Waals surface area contributed by atoms with Crippen molar-refractivity contribution in [3.63, 3.8) is 0 Å². The van der Waals surface area contributed by atoms with Crippen molar-refractivity contribution in [3.8, 4) is 0 Å². The molecule has 0 bridgehead atoms. The van der Waals surface area contributed by atoms with Gasteiger partial charge in [-0.15, -0.1) is 0 Å². The molecule has 0 saturated carbocycles. The molecule has 0 saturated heterocycles. The SMILES string of the molecule is C[C@@H](Cc1ccccc1)[n+]1cc(N=C([O-])Nc2ccc(Br)cc2)on1. The van der Waals surface area contributed by atoms with Crippen LogP contribution < -0.4 is 15.1 Å². The number of anilines is 1. The third kappa shape index (κ3) is 4.90. The van der Waals surface area contributed by atoms with Crippen LogP contribution in [-0.4, -0.2) is 11.3 Å². The number of halogens is 1. The molecular formula is C18H17BrN4O2. The molecule has 3 rings (SSSR count). The van der Waals surface area contributed by atoms with Gasteiger partial charge in [0.2, 0.25) is 5.27 Å². The summed E-state index contributed by atoms with van der Waals surface area (Å²) < 4.78 is 7.73. The van der Waals surface area contributed by atoms with Gasteiger partial charge in [-0.25, -0.2) is 4.99 Å². The van der Waals surface area contributed by atoms with Crippen molar-refractivity contribution >= 4 is 33.5 Å². The van der Waals surface area contributed by atoms with Crippen LogP contribution in [0.2, 0.25) is 0 Å². The summed E-state index contributed by atoms with van der Waals surface area (Å²) in [5.41, 5.74) is 1.86. The van der Waals surface area contributed by atoms with Crippen LogP contribution in [-0.2, 0) is 6.42 Å². The quantitative estimate of drug-likeness (QED) is 0.405. The van der Waals surface area contributed by atoms with E-state index in [0.717, 1.165) is 10.9 Å². The minimum Gasteiger partial charge on any atom is -0.846 e. The summed E-state index contributed by atoms with van der Waals surface area (Å²) in [7, 11) is 0. The van der Waals surface area contributed by atoms with Crippen LogP contribution in [0, 0.1) is 0 Å². The smallest absolute Gasteiger partial charge is 0.322 e. The van der Waals surface area contributed by atoms with Crippen LogP contribution in [0.4, 0.5) is 11.6 Å². The molecule has 0 spiro atoms. The maximum atomic E-state index is 12.0. The largest absolute Gasteiger partial charge is 0.846 e. The molecular weight excluding hydrogens is 384 g/mol. The maximum absolute atomic E-state index is 12.0. The molecule has 0 aliphatic rings. The number of hydrogen-bond donors (Lipinski definition) is 1. The highest BCUT2D eigenvalue weighted by molar-refractivity contribution is 9.10. The molecule has 0 aliphatic heterocycles. The lowest BCUT2D eigenvalue weighted by molar-refractivity contribution is -0.782. The molecule has 1 aromatic heterocycles. The van der Waals surface area contributed by atoms with Gasteiger partial charge in [0.05, 0.1) is 6.02 Å². The molecule has 0 unspecified atom stereocenters. The van der Waals surface area contributed by atoms with E-state index in [9.17, 15) is 5.11 Å². The van der Waals surface area contributed by atoms with Crippen molar-refractivity contribution < 1.29 is 14.3 Å². The molecule has 128 valence electrons. The van der Waals surface area contributed by atoms with E-state index in [1.807, 2.05) is 37.3 Å². The number of aliphatic imine (C=N–C) groups is 1. The summed E-state index contributed by atoms with van der Waals surface area (Å²) in [4.78, 5) is 3.88. The molecule has 0 amide bonds. The van der Waals surface area contributed by atoms with Crippen molar-refractivity contribution in [3.05, 3.63) is 70.8 Å². The van der Waals surface area contributed by atoms with E-state index in [0.29, 0.717) is 5.69 Å². The lowest BCUT2D eigenvalue weighted by atomic mass is 10.1. The Labute approximate surface area is 153 Å². The zero-order chi connectivity index (χ0) is 17.6. The van der Waals surface area contributed by atoms with Crippen LogP contribution >= 0.6 is 15.9 Å². The third-order valence-corrected chi connectivity index (χ3v) is 4.13. The molecule has 6 nitrogen and oxygen atoms in total. The van der Waals surface area contributed by atoms with Crippen molar-refractivity contribution in [1.29, 1.82) is 0 Å². The Bertz CT molecular complexity index is 847. The number of aromatic nitrogens is 2. The second-order valence-electron chi connectivity index (χ2n) is 5.61. The van der Waals surface area contributed by atoms with Gasteiger partial charge in [0.15, 0.2) is 6.04 Å². The fourth-order valence-corrected chi connectivity index (χ4v) is 2.60. The first-order chi connectivity index (χ1) is 12.1. The molecule has 0 aliphatic carbocycles. The molecule has 1 N–H and O–H groups in total. The summed E-state index contributed by atoms with van der Waals surface area (Å²) in [5, 5.41) is 18.6. The zero-order valence-corrected chi connectivity index (χ0v) is 15.2. The Hall–Kier alpha value is -2.67. The number of amidine groups is 1. The van der Waals surface area contributed by atoms with E-state index >= 15 is 0 Å². The summed E-state index contributed by atoms with van der Waals surface area (Å²) in [5.74, 6) is 0.162. The highest BCUT2D eigenvalue weighted by Gasteiger charge is 2.19. The fraction of sp³-hybridized carbons (Fsp3) is 0.167. The van der Waals surface area contributed by atoms with E-state index in [4.69, 9.17) is 4.52 Å². The van der Waals surface area contributed by atoms with Crippen LogP contribution in [0.25, 0.3) is 0 Å². The molecule has 0 radical (unpaired) electrons. The Kier molecular flexibility index (Phi) is 5.45. The molecule has 1 heterocycles. The highest BCUT2D eigenvalue weighted by atomic mass is 79.9. The maximum Gasteiger partial charge on any atom is 0.322 e. The van der Waals surface area contributed by atoms with Gasteiger partial charge in [-0.1, -0.05) is 46.3 Å². The lowest BCUT2D eigenvalue weighted by Gasteiger charge is -2.11. The Balaban J connectivity index is 1.64. The fourth-order valence-electron chi connectivity index (χ4n) is 2.34. The number of rotatable bonds is 5. The van der Waals surface area contributed by atoms with Gasteiger partial charge in [-0.3, -0.25) is 4.52 Å². The molecule has 25 heavy (non-hydrogen) atoms. The zero-order valence-electron chi connectivity index (χ0n) is 13.6. The topological polar surface area (TPSA) is 77.4 Å². The van der Waals surface area contributed by atoms with Crippen molar-refractivity contribution in [2.75, 3.05) is 5.32 Å². The van der Waals surface area contributed by atoms with Crippen molar-refractivity contribution in [2.24, 2.45) is 4.99 Å². The minimum absolute atomic E-state index is 0.0876. The monoisotopic (exact) mass is 400 g/mol. The van der Waals surface area contributed by atoms with Crippen molar-refractivity contribution in [1.82, 2.24) is 5.27 Å². The van der Waals surface area contributed by atoms with E-state index in [1.165, 1.54) is 5.56 Å². The Morgan fingerprint density at radius 2 is 1.96 bits per heavy atom. The Morgan fingerprint density at radius 1 is 1.24 bits per heavy atom. The number of benzene rings is 2. The van der Waals surface area contributed by atoms with Gasteiger partial charge < -0.3 is 10.4 Å². The third-order valence-electron chi connectivity index (χ3n) is 3.60. The van der Waals surface area contributed by atoms with E-state index in [1.54, 1.807) is 23.0 Å². The van der Waals surface area contributed by atoms with Crippen molar-refractivity contribution in [2.45, 2.75) is 19.4 Å². The summed E-state index contributed by atoms with van der Waals surface area (Å²) >= 11 is 3.34. The number of nitrogens with zero attached hydrogens (tertiary/aromatic N) is 3. The Morgan fingerprint density at radius 3 is 2.68 bits per heavy atom. The predicted molar refractivity (Wildman–Crippen MR) is 96.4 cm³/mol. The first kappa shape index (κ1) is 17.2. The molecule has 1 atom stereocenters. The van der Waals surface area contributed by atoms with E-state index in [-0.39, 0.29) is 11.9 Å². The minimum atomic E-state index is -0.513. The van der Waals surface area contributed by atoms with Crippen LogP contribution in [0.15, 0.2) is 74.8 Å². The first-order valence-corrected chi connectivity index (χ1v) is 8.60. The van der Waals surface area contributed by atoms with Gasteiger partial charge in [0.25, 0.3) is 6.20 Å². The van der Waals surface area contributed by atoms with Gasteiger partial charge in [0, 0.05) is 23.5 Å². The second-order valence-corrected chi connectivity index (χ2v) is 6.52. The van der Waals surface area contributed by atoms with Crippen LogP contribution in [0.1, 0.15) is 18.5 Å². The second kappa shape index (κ2) is 7.94. The van der Waals surface area contributed by atoms with Crippen LogP contribution in [0.5, 0.6) is 0 Å². The van der Waals surface area contributed by atoms with E-state index in [2.05, 4.69) is 43.6 Å². The average Bonchev–Trinajstić information content (AvgIpc) is 3.06. The van der Waals surface area contributed by atoms with Gasteiger partial charge >= 0.3 is 5.88 Å². The molecule has 2 aromatic carbocycles. The van der Waals surface area contributed by atoms with E-state index < -0.39 is 6.02 Å². The number of hydrogen-bond acceptors (Lipinski definition) is 4. The summed E-state index contributed by atoms with van der Waals surface area (Å²) in [6.07, 6.45) is 2.43. The first-order valence-electron chi connectivity index (χ1n) is 7.80. The van der Waals surface area contributed by atoms with Gasteiger partial charge in [-0.2, -0.15) is 0 Å². The molecule has 0 fully saturated rings. The standard InChI is InChI=1S/C18H17BrN4O2/c1-13(11-14-5-3-2-4-6-14)23-12-17(25-22-23)21-18(24)20-16-9-7-15(19)8-10-16/h2-10,12-13H,11H2,1H3,(H-,20,21,22,24)/t13-/m0/s1. The molecule has 3 aromatic rings. The highest BCUT2D eigenvalue weighted by Crippen LogP contribution is 2.15. The number of nitrogens with one attached hydrogen (secondary N) is 1. The average molecular weight is 401 g/mol. The van der Waals surface area contributed by atoms with Gasteiger partial charge in [-0.05, 0) is 34.5 Å². The summed E-state index contributed by atoms with van der Waals surface area (Å²) in [6.45, 7) is 2.03. The van der Waals surface area contributed by atoms with Crippen LogP contribution in [0.3, 0.4) is 0 Å². The summed E-state index contributed by atoms with van der Waals surface area (Å²) in [6, 6.07) is 16.9. The predicted octanol–water partition coefficient (Wildman–Crippen LogP) is 2.99. The normalized spacial score (nSPS) is 12.8. The molecule has 7 heteroatoms.